The molecule has 1 nitrogen and oxygen atoms in total. The standard InChI is InChI=1S/C9H10BrN.ClH/c10-9-4-2-1-3-8(9)7-5-11-6-7;/h1-4,7,11H,5-6H2;1H. The van der Waals surface area contributed by atoms with Gasteiger partial charge in [0.05, 0.1) is 0 Å². The first-order valence-electron chi connectivity index (χ1n) is 3.83. The number of halogens is 2. The Bertz CT molecular complexity index is 260. The van der Waals surface area contributed by atoms with Crippen LogP contribution < -0.4 is 5.32 Å². The molecule has 1 aliphatic heterocycles. The van der Waals surface area contributed by atoms with Crippen LogP contribution in [0.15, 0.2) is 28.7 Å². The Kier molecular flexibility index (Phi) is 3.56. The summed E-state index contributed by atoms with van der Waals surface area (Å²) in [6.07, 6.45) is 0. The van der Waals surface area contributed by atoms with Crippen molar-refractivity contribution >= 4 is 28.3 Å². The van der Waals surface area contributed by atoms with Crippen LogP contribution in [-0.4, -0.2) is 13.1 Å². The lowest BCUT2D eigenvalue weighted by atomic mass is 9.94. The molecule has 0 aromatic heterocycles. The largest absolute Gasteiger partial charge is 0.315 e. The average Bonchev–Trinajstić information content (AvgIpc) is 1.90. The van der Waals surface area contributed by atoms with E-state index in [4.69, 9.17) is 0 Å². The lowest BCUT2D eigenvalue weighted by Crippen LogP contribution is -2.39. The smallest absolute Gasteiger partial charge is 0.0211 e. The SMILES string of the molecule is Brc1ccccc1C1CNC1.Cl. The van der Waals surface area contributed by atoms with E-state index in [1.54, 1.807) is 0 Å². The molecule has 1 N–H and O–H groups in total. The van der Waals surface area contributed by atoms with Crippen LogP contribution in [0.3, 0.4) is 0 Å². The molecule has 0 spiro atoms. The maximum Gasteiger partial charge on any atom is 0.0211 e. The van der Waals surface area contributed by atoms with Crippen LogP contribution in [-0.2, 0) is 0 Å². The van der Waals surface area contributed by atoms with Crippen molar-refractivity contribution in [3.05, 3.63) is 34.3 Å². The number of hydrogen-bond donors (Lipinski definition) is 1. The number of hydrogen-bond acceptors (Lipinski definition) is 1. The number of rotatable bonds is 1. The van der Waals surface area contributed by atoms with Gasteiger partial charge in [0.25, 0.3) is 0 Å². The minimum atomic E-state index is 0. The first-order chi connectivity index (χ1) is 5.38. The Hall–Kier alpha value is -0.0500. The summed E-state index contributed by atoms with van der Waals surface area (Å²) in [4.78, 5) is 0. The lowest BCUT2D eigenvalue weighted by Gasteiger charge is -2.28. The Morgan fingerprint density at radius 3 is 2.42 bits per heavy atom. The highest BCUT2D eigenvalue weighted by molar-refractivity contribution is 9.10. The predicted molar refractivity (Wildman–Crippen MR) is 57.0 cm³/mol. The second kappa shape index (κ2) is 4.26. The van der Waals surface area contributed by atoms with Crippen LogP contribution in [0.2, 0.25) is 0 Å². The van der Waals surface area contributed by atoms with E-state index in [2.05, 4.69) is 45.5 Å². The molecule has 0 saturated carbocycles. The molecule has 1 aromatic rings. The van der Waals surface area contributed by atoms with Crippen LogP contribution >= 0.6 is 28.3 Å². The molecule has 2 rings (SSSR count). The summed E-state index contributed by atoms with van der Waals surface area (Å²) >= 11 is 3.54. The van der Waals surface area contributed by atoms with Crippen molar-refractivity contribution in [3.8, 4) is 0 Å². The molecule has 66 valence electrons. The molecule has 0 amide bonds. The normalized spacial score (nSPS) is 16.4. The maximum atomic E-state index is 3.54. The van der Waals surface area contributed by atoms with Gasteiger partial charge in [-0.15, -0.1) is 12.4 Å². The van der Waals surface area contributed by atoms with Gasteiger partial charge in [-0.25, -0.2) is 0 Å². The molecule has 0 atom stereocenters. The van der Waals surface area contributed by atoms with Crippen LogP contribution in [0, 0.1) is 0 Å². The summed E-state index contributed by atoms with van der Waals surface area (Å²) in [5, 5.41) is 3.27. The van der Waals surface area contributed by atoms with Gasteiger partial charge in [-0.05, 0) is 11.6 Å². The molecule has 1 fully saturated rings. The second-order valence-corrected chi connectivity index (χ2v) is 3.73. The minimum absolute atomic E-state index is 0. The minimum Gasteiger partial charge on any atom is -0.315 e. The monoisotopic (exact) mass is 247 g/mol. The summed E-state index contributed by atoms with van der Waals surface area (Å²) < 4.78 is 1.24. The zero-order valence-electron chi connectivity index (χ0n) is 6.59. The fourth-order valence-electron chi connectivity index (χ4n) is 1.31. The van der Waals surface area contributed by atoms with Gasteiger partial charge in [-0.3, -0.25) is 0 Å². The van der Waals surface area contributed by atoms with Crippen LogP contribution in [0.5, 0.6) is 0 Å². The quantitative estimate of drug-likeness (QED) is 0.805. The van der Waals surface area contributed by atoms with Crippen molar-refractivity contribution < 1.29 is 0 Å². The Balaban J connectivity index is 0.000000720. The topological polar surface area (TPSA) is 12.0 Å². The molecular weight excluding hydrogens is 237 g/mol. The van der Waals surface area contributed by atoms with E-state index in [9.17, 15) is 0 Å². The van der Waals surface area contributed by atoms with Crippen LogP contribution in [0.1, 0.15) is 11.5 Å². The van der Waals surface area contributed by atoms with Crippen LogP contribution in [0.4, 0.5) is 0 Å². The molecule has 0 bridgehead atoms. The van der Waals surface area contributed by atoms with Crippen molar-refractivity contribution in [1.29, 1.82) is 0 Å². The van der Waals surface area contributed by atoms with E-state index >= 15 is 0 Å². The van der Waals surface area contributed by atoms with Gasteiger partial charge in [0.1, 0.15) is 0 Å². The summed E-state index contributed by atoms with van der Waals surface area (Å²) in [5.74, 6) is 0.727. The Labute approximate surface area is 87.1 Å². The molecule has 0 radical (unpaired) electrons. The van der Waals surface area contributed by atoms with E-state index < -0.39 is 0 Å². The van der Waals surface area contributed by atoms with E-state index in [0.29, 0.717) is 0 Å². The second-order valence-electron chi connectivity index (χ2n) is 2.88. The van der Waals surface area contributed by atoms with E-state index in [1.807, 2.05) is 0 Å². The molecule has 0 unspecified atom stereocenters. The van der Waals surface area contributed by atoms with Crippen LogP contribution in [0.25, 0.3) is 0 Å². The Morgan fingerprint density at radius 2 is 1.92 bits per heavy atom. The van der Waals surface area contributed by atoms with E-state index in [0.717, 1.165) is 19.0 Å². The van der Waals surface area contributed by atoms with Gasteiger partial charge < -0.3 is 5.32 Å². The molecule has 1 saturated heterocycles. The predicted octanol–water partition coefficient (Wildman–Crippen LogP) is 2.56. The summed E-state index contributed by atoms with van der Waals surface area (Å²) in [6, 6.07) is 8.45. The zero-order chi connectivity index (χ0) is 7.68. The summed E-state index contributed by atoms with van der Waals surface area (Å²) in [6.45, 7) is 2.26. The van der Waals surface area contributed by atoms with Gasteiger partial charge in [0, 0.05) is 23.5 Å². The van der Waals surface area contributed by atoms with E-state index in [-0.39, 0.29) is 12.4 Å². The zero-order valence-corrected chi connectivity index (χ0v) is 8.99. The third-order valence-corrected chi connectivity index (χ3v) is 2.85. The molecule has 1 aromatic carbocycles. The number of nitrogens with one attached hydrogen (secondary N) is 1. The van der Waals surface area contributed by atoms with Gasteiger partial charge in [-0.1, -0.05) is 34.1 Å². The van der Waals surface area contributed by atoms with Crippen molar-refractivity contribution in [2.75, 3.05) is 13.1 Å². The van der Waals surface area contributed by atoms with Gasteiger partial charge in [-0.2, -0.15) is 0 Å². The van der Waals surface area contributed by atoms with Crippen molar-refractivity contribution in [2.45, 2.75) is 5.92 Å². The van der Waals surface area contributed by atoms with E-state index in [1.165, 1.54) is 10.0 Å². The third-order valence-electron chi connectivity index (χ3n) is 2.13. The molecule has 1 heterocycles. The molecule has 0 aliphatic carbocycles. The highest BCUT2D eigenvalue weighted by Crippen LogP contribution is 2.26. The van der Waals surface area contributed by atoms with Gasteiger partial charge in [0.15, 0.2) is 0 Å². The van der Waals surface area contributed by atoms with Crippen molar-refractivity contribution in [2.24, 2.45) is 0 Å². The fourth-order valence-corrected chi connectivity index (χ4v) is 1.92. The van der Waals surface area contributed by atoms with Crippen molar-refractivity contribution in [1.82, 2.24) is 5.32 Å². The first-order valence-corrected chi connectivity index (χ1v) is 4.62. The fraction of sp³-hybridized carbons (Fsp3) is 0.333. The molecule has 3 heteroatoms. The first kappa shape index (κ1) is 10.0. The Morgan fingerprint density at radius 1 is 1.25 bits per heavy atom. The number of benzene rings is 1. The van der Waals surface area contributed by atoms with Gasteiger partial charge in [0.2, 0.25) is 0 Å². The summed E-state index contributed by atoms with van der Waals surface area (Å²) in [5.41, 5.74) is 1.44. The molecule has 12 heavy (non-hydrogen) atoms. The lowest BCUT2D eigenvalue weighted by molar-refractivity contribution is 0.447. The average molecular weight is 249 g/mol. The maximum absolute atomic E-state index is 3.54. The highest BCUT2D eigenvalue weighted by atomic mass is 79.9. The van der Waals surface area contributed by atoms with Crippen molar-refractivity contribution in [3.63, 3.8) is 0 Å². The molecular formula is C9H11BrClN. The van der Waals surface area contributed by atoms with Gasteiger partial charge >= 0.3 is 0 Å². The highest BCUT2D eigenvalue weighted by Gasteiger charge is 2.19. The third kappa shape index (κ3) is 1.82. The summed E-state index contributed by atoms with van der Waals surface area (Å²) in [7, 11) is 0. The molecule has 1 aliphatic rings.